The van der Waals surface area contributed by atoms with Gasteiger partial charge in [-0.3, -0.25) is 4.79 Å². The van der Waals surface area contributed by atoms with Crippen LogP contribution in [0.2, 0.25) is 0 Å². The van der Waals surface area contributed by atoms with E-state index >= 15 is 0 Å². The molecule has 1 amide bonds. The second kappa shape index (κ2) is 7.46. The molecule has 96 valence electrons. The Morgan fingerprint density at radius 2 is 2.06 bits per heavy atom. The van der Waals surface area contributed by atoms with Crippen molar-refractivity contribution in [3.05, 3.63) is 35.4 Å². The summed E-state index contributed by atoms with van der Waals surface area (Å²) in [5.41, 5.74) is 1.78. The maximum Gasteiger partial charge on any atom is 0.221 e. The molecule has 18 heavy (non-hydrogen) atoms. The maximum absolute atomic E-state index is 11.3. The van der Waals surface area contributed by atoms with Gasteiger partial charge < -0.3 is 10.6 Å². The molecule has 0 spiro atoms. The Bertz CT molecular complexity index is 420. The zero-order chi connectivity index (χ0) is 13.4. The van der Waals surface area contributed by atoms with Crippen molar-refractivity contribution in [2.75, 3.05) is 13.1 Å². The lowest BCUT2D eigenvalue weighted by Gasteiger charge is -2.14. The van der Waals surface area contributed by atoms with Gasteiger partial charge in [0.15, 0.2) is 0 Å². The normalized spacial score (nSPS) is 11.6. The molecule has 0 saturated heterocycles. The molecule has 1 aromatic carbocycles. The van der Waals surface area contributed by atoms with Gasteiger partial charge in [-0.2, -0.15) is 5.26 Å². The van der Waals surface area contributed by atoms with Gasteiger partial charge in [-0.1, -0.05) is 12.1 Å². The summed E-state index contributed by atoms with van der Waals surface area (Å²) in [7, 11) is 0. The number of rotatable bonds is 6. The fourth-order valence-corrected chi connectivity index (χ4v) is 1.65. The highest BCUT2D eigenvalue weighted by molar-refractivity contribution is 5.75. The predicted molar refractivity (Wildman–Crippen MR) is 70.9 cm³/mol. The molecule has 1 unspecified atom stereocenters. The molecule has 0 heterocycles. The minimum Gasteiger partial charge on any atom is -0.356 e. The van der Waals surface area contributed by atoms with Crippen molar-refractivity contribution in [1.29, 1.82) is 5.26 Å². The lowest BCUT2D eigenvalue weighted by Crippen LogP contribution is -2.28. The number of hydrogen-bond acceptors (Lipinski definition) is 3. The standard InChI is InChI=1S/C14H19N3O/c1-3-16-14(18)8-9-17-11(2)13-6-4-12(10-15)5-7-13/h4-7,11,17H,3,8-9H2,1-2H3,(H,16,18). The third-order valence-corrected chi connectivity index (χ3v) is 2.72. The van der Waals surface area contributed by atoms with E-state index in [-0.39, 0.29) is 11.9 Å². The first-order valence-corrected chi connectivity index (χ1v) is 6.17. The Labute approximate surface area is 108 Å². The summed E-state index contributed by atoms with van der Waals surface area (Å²) in [5.74, 6) is 0.0667. The number of nitriles is 1. The minimum absolute atomic E-state index is 0.0667. The van der Waals surface area contributed by atoms with Gasteiger partial charge in [-0.05, 0) is 31.5 Å². The first-order chi connectivity index (χ1) is 8.67. The predicted octanol–water partition coefficient (Wildman–Crippen LogP) is 1.74. The summed E-state index contributed by atoms with van der Waals surface area (Å²) in [5, 5.41) is 14.8. The first-order valence-electron chi connectivity index (χ1n) is 6.17. The average molecular weight is 245 g/mol. The van der Waals surface area contributed by atoms with Crippen LogP contribution in [0.3, 0.4) is 0 Å². The fourth-order valence-electron chi connectivity index (χ4n) is 1.65. The number of carbonyl (C=O) groups excluding carboxylic acids is 1. The van der Waals surface area contributed by atoms with Gasteiger partial charge >= 0.3 is 0 Å². The highest BCUT2D eigenvalue weighted by Gasteiger charge is 2.05. The molecule has 2 N–H and O–H groups in total. The van der Waals surface area contributed by atoms with Crippen LogP contribution in [0.1, 0.15) is 37.4 Å². The number of nitrogens with zero attached hydrogens (tertiary/aromatic N) is 1. The molecule has 0 aliphatic carbocycles. The smallest absolute Gasteiger partial charge is 0.221 e. The van der Waals surface area contributed by atoms with Crippen molar-refractivity contribution in [1.82, 2.24) is 10.6 Å². The highest BCUT2D eigenvalue weighted by atomic mass is 16.1. The van der Waals surface area contributed by atoms with Crippen LogP contribution >= 0.6 is 0 Å². The number of nitrogens with one attached hydrogen (secondary N) is 2. The van der Waals surface area contributed by atoms with Gasteiger partial charge in [-0.25, -0.2) is 0 Å². The second-order valence-corrected chi connectivity index (χ2v) is 4.11. The number of amides is 1. The lowest BCUT2D eigenvalue weighted by molar-refractivity contribution is -0.120. The third-order valence-electron chi connectivity index (χ3n) is 2.72. The first kappa shape index (κ1) is 14.2. The molecular weight excluding hydrogens is 226 g/mol. The summed E-state index contributed by atoms with van der Waals surface area (Å²) in [4.78, 5) is 11.3. The molecule has 0 radical (unpaired) electrons. The quantitative estimate of drug-likeness (QED) is 0.802. The van der Waals surface area contributed by atoms with Crippen LogP contribution in [0.25, 0.3) is 0 Å². The number of carbonyl (C=O) groups is 1. The SMILES string of the molecule is CCNC(=O)CCNC(C)c1ccc(C#N)cc1. The van der Waals surface area contributed by atoms with Crippen LogP contribution in [-0.2, 0) is 4.79 Å². The van der Waals surface area contributed by atoms with Gasteiger partial charge in [0.25, 0.3) is 0 Å². The Hall–Kier alpha value is -1.86. The van der Waals surface area contributed by atoms with E-state index in [1.54, 1.807) is 12.1 Å². The largest absolute Gasteiger partial charge is 0.356 e. The van der Waals surface area contributed by atoms with Gasteiger partial charge in [0.2, 0.25) is 5.91 Å². The lowest BCUT2D eigenvalue weighted by atomic mass is 10.1. The van der Waals surface area contributed by atoms with Gasteiger partial charge in [-0.15, -0.1) is 0 Å². The molecule has 0 aliphatic heterocycles. The Balaban J connectivity index is 2.38. The second-order valence-electron chi connectivity index (χ2n) is 4.11. The highest BCUT2D eigenvalue weighted by Crippen LogP contribution is 2.12. The summed E-state index contributed by atoms with van der Waals surface area (Å²) in [6, 6.07) is 9.74. The van der Waals surface area contributed by atoms with Crippen molar-refractivity contribution in [2.24, 2.45) is 0 Å². The summed E-state index contributed by atoms with van der Waals surface area (Å²) in [6.07, 6.45) is 0.481. The zero-order valence-electron chi connectivity index (χ0n) is 10.9. The topological polar surface area (TPSA) is 64.9 Å². The summed E-state index contributed by atoms with van der Waals surface area (Å²) >= 11 is 0. The van der Waals surface area contributed by atoms with Crippen LogP contribution in [0.5, 0.6) is 0 Å². The zero-order valence-corrected chi connectivity index (χ0v) is 10.9. The van der Waals surface area contributed by atoms with Crippen LogP contribution in [0.15, 0.2) is 24.3 Å². The van der Waals surface area contributed by atoms with E-state index < -0.39 is 0 Å². The molecule has 0 aliphatic rings. The van der Waals surface area contributed by atoms with Crippen molar-refractivity contribution >= 4 is 5.91 Å². The van der Waals surface area contributed by atoms with Crippen LogP contribution in [-0.4, -0.2) is 19.0 Å². The third kappa shape index (κ3) is 4.56. The van der Waals surface area contributed by atoms with Crippen molar-refractivity contribution in [2.45, 2.75) is 26.3 Å². The van der Waals surface area contributed by atoms with E-state index in [1.165, 1.54) is 0 Å². The summed E-state index contributed by atoms with van der Waals surface area (Å²) in [6.45, 7) is 5.26. The fraction of sp³-hybridized carbons (Fsp3) is 0.429. The van der Waals surface area contributed by atoms with Crippen LogP contribution in [0, 0.1) is 11.3 Å². The maximum atomic E-state index is 11.3. The average Bonchev–Trinajstić information content (AvgIpc) is 2.39. The van der Waals surface area contributed by atoms with E-state index in [0.717, 1.165) is 5.56 Å². The molecule has 1 aromatic rings. The number of hydrogen-bond donors (Lipinski definition) is 2. The molecule has 0 aromatic heterocycles. The molecule has 0 fully saturated rings. The van der Waals surface area contributed by atoms with E-state index in [0.29, 0.717) is 25.1 Å². The van der Waals surface area contributed by atoms with Gasteiger partial charge in [0.1, 0.15) is 0 Å². The van der Waals surface area contributed by atoms with E-state index in [4.69, 9.17) is 5.26 Å². The van der Waals surface area contributed by atoms with E-state index in [1.807, 2.05) is 26.0 Å². The Morgan fingerprint density at radius 3 is 2.61 bits per heavy atom. The number of benzene rings is 1. The minimum atomic E-state index is 0.0667. The van der Waals surface area contributed by atoms with Crippen LogP contribution < -0.4 is 10.6 Å². The molecule has 4 heteroatoms. The molecule has 4 nitrogen and oxygen atoms in total. The Kier molecular flexibility index (Phi) is 5.89. The molecular formula is C14H19N3O. The van der Waals surface area contributed by atoms with E-state index in [9.17, 15) is 4.79 Å². The molecule has 1 rings (SSSR count). The van der Waals surface area contributed by atoms with Gasteiger partial charge in [0.05, 0.1) is 11.6 Å². The monoisotopic (exact) mass is 245 g/mol. The van der Waals surface area contributed by atoms with Crippen molar-refractivity contribution in [3.8, 4) is 6.07 Å². The molecule has 0 bridgehead atoms. The van der Waals surface area contributed by atoms with Crippen LogP contribution in [0.4, 0.5) is 0 Å². The van der Waals surface area contributed by atoms with Crippen molar-refractivity contribution < 1.29 is 4.79 Å². The van der Waals surface area contributed by atoms with E-state index in [2.05, 4.69) is 16.7 Å². The Morgan fingerprint density at radius 1 is 1.39 bits per heavy atom. The van der Waals surface area contributed by atoms with Crippen molar-refractivity contribution in [3.63, 3.8) is 0 Å². The van der Waals surface area contributed by atoms with Gasteiger partial charge in [0, 0.05) is 25.6 Å². The molecule has 1 atom stereocenters. The molecule has 0 saturated carbocycles. The summed E-state index contributed by atoms with van der Waals surface area (Å²) < 4.78 is 0.